The summed E-state index contributed by atoms with van der Waals surface area (Å²) in [6.45, 7) is 5.61. The van der Waals surface area contributed by atoms with Gasteiger partial charge in [0.05, 0.1) is 18.6 Å². The SMILES string of the molecule is COCCOc1cc(C)ccc1CNC(=O)C1(COC)CCNCC1.Cl. The molecular formula is C19H31ClN2O4. The van der Waals surface area contributed by atoms with Crippen LogP contribution in [0, 0.1) is 12.3 Å². The first-order valence-electron chi connectivity index (χ1n) is 8.80. The number of amides is 1. The molecule has 7 heteroatoms. The van der Waals surface area contributed by atoms with Gasteiger partial charge in [-0.25, -0.2) is 0 Å². The van der Waals surface area contributed by atoms with Crippen LogP contribution in [0.3, 0.4) is 0 Å². The van der Waals surface area contributed by atoms with Gasteiger partial charge in [0, 0.05) is 26.3 Å². The van der Waals surface area contributed by atoms with Crippen molar-refractivity contribution >= 4 is 18.3 Å². The second-order valence-electron chi connectivity index (χ2n) is 6.60. The fraction of sp³-hybridized carbons (Fsp3) is 0.632. The van der Waals surface area contributed by atoms with E-state index in [-0.39, 0.29) is 18.3 Å². The normalized spacial score (nSPS) is 15.8. The van der Waals surface area contributed by atoms with Gasteiger partial charge in [-0.1, -0.05) is 12.1 Å². The first-order chi connectivity index (χ1) is 12.1. The molecule has 1 saturated heterocycles. The van der Waals surface area contributed by atoms with Crippen molar-refractivity contribution in [1.82, 2.24) is 10.6 Å². The summed E-state index contributed by atoms with van der Waals surface area (Å²) in [5.74, 6) is 0.850. The van der Waals surface area contributed by atoms with Crippen LogP contribution in [0.4, 0.5) is 0 Å². The summed E-state index contributed by atoms with van der Waals surface area (Å²) in [7, 11) is 3.30. The van der Waals surface area contributed by atoms with Crippen molar-refractivity contribution in [2.24, 2.45) is 5.41 Å². The predicted octanol–water partition coefficient (Wildman–Crippen LogP) is 2.07. The molecule has 0 saturated carbocycles. The van der Waals surface area contributed by atoms with Crippen molar-refractivity contribution in [1.29, 1.82) is 0 Å². The minimum atomic E-state index is -0.443. The standard InChI is InChI=1S/C19H30N2O4.ClH/c1-15-4-5-16(17(12-15)25-11-10-23-2)13-21-18(22)19(14-24-3)6-8-20-9-7-19;/h4-5,12,20H,6-11,13-14H2,1-3H3,(H,21,22);1H. The summed E-state index contributed by atoms with van der Waals surface area (Å²) >= 11 is 0. The molecule has 1 aliphatic heterocycles. The topological polar surface area (TPSA) is 68.8 Å². The molecular weight excluding hydrogens is 356 g/mol. The summed E-state index contributed by atoms with van der Waals surface area (Å²) < 4.78 is 16.2. The molecule has 1 aliphatic rings. The molecule has 1 aromatic rings. The van der Waals surface area contributed by atoms with E-state index in [0.29, 0.717) is 26.4 Å². The molecule has 2 rings (SSSR count). The molecule has 1 aromatic carbocycles. The number of aryl methyl sites for hydroxylation is 1. The maximum Gasteiger partial charge on any atom is 0.228 e. The lowest BCUT2D eigenvalue weighted by Gasteiger charge is -2.35. The fourth-order valence-electron chi connectivity index (χ4n) is 3.16. The molecule has 0 aromatic heterocycles. The number of rotatable bonds is 9. The Kier molecular flexibility index (Phi) is 9.94. The highest BCUT2D eigenvalue weighted by molar-refractivity contribution is 5.85. The van der Waals surface area contributed by atoms with Gasteiger partial charge in [-0.3, -0.25) is 4.79 Å². The average molecular weight is 387 g/mol. The molecule has 26 heavy (non-hydrogen) atoms. The highest BCUT2D eigenvalue weighted by atomic mass is 35.5. The van der Waals surface area contributed by atoms with E-state index >= 15 is 0 Å². The summed E-state index contributed by atoms with van der Waals surface area (Å²) in [5, 5.41) is 6.39. The monoisotopic (exact) mass is 386 g/mol. The number of carbonyl (C=O) groups is 1. The molecule has 6 nitrogen and oxygen atoms in total. The van der Waals surface area contributed by atoms with Crippen molar-refractivity contribution in [2.45, 2.75) is 26.3 Å². The van der Waals surface area contributed by atoms with Crippen LogP contribution in [0.2, 0.25) is 0 Å². The Morgan fingerprint density at radius 1 is 1.19 bits per heavy atom. The molecule has 0 bridgehead atoms. The predicted molar refractivity (Wildman–Crippen MR) is 104 cm³/mol. The second-order valence-corrected chi connectivity index (χ2v) is 6.60. The molecule has 0 unspecified atom stereocenters. The maximum atomic E-state index is 12.8. The van der Waals surface area contributed by atoms with Crippen LogP contribution in [0.25, 0.3) is 0 Å². The highest BCUT2D eigenvalue weighted by Crippen LogP contribution is 2.30. The number of hydrogen-bond donors (Lipinski definition) is 2. The molecule has 0 radical (unpaired) electrons. The van der Waals surface area contributed by atoms with E-state index in [0.717, 1.165) is 42.8 Å². The summed E-state index contributed by atoms with van der Waals surface area (Å²) in [4.78, 5) is 12.8. The van der Waals surface area contributed by atoms with Crippen LogP contribution in [-0.4, -0.2) is 53.0 Å². The van der Waals surface area contributed by atoms with E-state index < -0.39 is 5.41 Å². The van der Waals surface area contributed by atoms with Crippen LogP contribution in [0.5, 0.6) is 5.75 Å². The molecule has 148 valence electrons. The zero-order valence-electron chi connectivity index (χ0n) is 15.9. The van der Waals surface area contributed by atoms with Gasteiger partial charge in [0.15, 0.2) is 0 Å². The summed E-state index contributed by atoms with van der Waals surface area (Å²) in [6, 6.07) is 6.02. The molecule has 0 spiro atoms. The Morgan fingerprint density at radius 2 is 1.92 bits per heavy atom. The largest absolute Gasteiger partial charge is 0.491 e. The lowest BCUT2D eigenvalue weighted by atomic mass is 9.78. The van der Waals surface area contributed by atoms with Crippen LogP contribution >= 0.6 is 12.4 Å². The Labute approximate surface area is 162 Å². The number of ether oxygens (including phenoxy) is 3. The lowest BCUT2D eigenvalue weighted by Crippen LogP contribution is -2.50. The maximum absolute atomic E-state index is 12.8. The average Bonchev–Trinajstić information content (AvgIpc) is 2.62. The van der Waals surface area contributed by atoms with E-state index in [9.17, 15) is 4.79 Å². The first kappa shape index (κ1) is 22.7. The van der Waals surface area contributed by atoms with Crippen molar-refractivity contribution in [3.8, 4) is 5.75 Å². The first-order valence-corrected chi connectivity index (χ1v) is 8.80. The van der Waals surface area contributed by atoms with E-state index in [4.69, 9.17) is 14.2 Å². The van der Waals surface area contributed by atoms with Gasteiger partial charge in [-0.2, -0.15) is 0 Å². The highest BCUT2D eigenvalue weighted by Gasteiger charge is 2.39. The van der Waals surface area contributed by atoms with Crippen LogP contribution in [-0.2, 0) is 20.8 Å². The third kappa shape index (κ3) is 6.13. The number of nitrogens with one attached hydrogen (secondary N) is 2. The molecule has 1 fully saturated rings. The zero-order valence-corrected chi connectivity index (χ0v) is 16.7. The van der Waals surface area contributed by atoms with Crippen LogP contribution in [0.1, 0.15) is 24.0 Å². The molecule has 2 N–H and O–H groups in total. The van der Waals surface area contributed by atoms with Crippen LogP contribution < -0.4 is 15.4 Å². The number of halogens is 1. The Bertz CT molecular complexity index is 557. The Balaban J connectivity index is 0.00000338. The van der Waals surface area contributed by atoms with Gasteiger partial charge in [-0.05, 0) is 44.5 Å². The summed E-state index contributed by atoms with van der Waals surface area (Å²) in [6.07, 6.45) is 1.58. The molecule has 1 amide bonds. The number of carbonyl (C=O) groups excluding carboxylic acids is 1. The van der Waals surface area contributed by atoms with E-state index in [2.05, 4.69) is 10.6 Å². The van der Waals surface area contributed by atoms with Gasteiger partial charge >= 0.3 is 0 Å². The molecule has 0 atom stereocenters. The van der Waals surface area contributed by atoms with Crippen molar-refractivity contribution in [2.75, 3.05) is 47.1 Å². The van der Waals surface area contributed by atoms with Gasteiger partial charge in [0.25, 0.3) is 0 Å². The summed E-state index contributed by atoms with van der Waals surface area (Å²) in [5.41, 5.74) is 1.65. The third-order valence-electron chi connectivity index (χ3n) is 4.67. The number of benzene rings is 1. The van der Waals surface area contributed by atoms with Crippen molar-refractivity contribution < 1.29 is 19.0 Å². The van der Waals surface area contributed by atoms with Gasteiger partial charge in [0.1, 0.15) is 12.4 Å². The minimum Gasteiger partial charge on any atom is -0.491 e. The molecule has 0 aliphatic carbocycles. The van der Waals surface area contributed by atoms with Gasteiger partial charge in [-0.15, -0.1) is 12.4 Å². The van der Waals surface area contributed by atoms with Crippen LogP contribution in [0.15, 0.2) is 18.2 Å². The minimum absolute atomic E-state index is 0. The third-order valence-corrected chi connectivity index (χ3v) is 4.67. The Hall–Kier alpha value is -1.34. The molecule has 1 heterocycles. The van der Waals surface area contributed by atoms with Crippen molar-refractivity contribution in [3.63, 3.8) is 0 Å². The van der Waals surface area contributed by atoms with Gasteiger partial charge in [0.2, 0.25) is 5.91 Å². The van der Waals surface area contributed by atoms with E-state index in [1.54, 1.807) is 14.2 Å². The lowest BCUT2D eigenvalue weighted by molar-refractivity contribution is -0.136. The van der Waals surface area contributed by atoms with E-state index in [1.165, 1.54) is 0 Å². The number of hydrogen-bond acceptors (Lipinski definition) is 5. The smallest absolute Gasteiger partial charge is 0.228 e. The Morgan fingerprint density at radius 3 is 2.58 bits per heavy atom. The van der Waals surface area contributed by atoms with E-state index in [1.807, 2.05) is 25.1 Å². The second kappa shape index (κ2) is 11.4. The fourth-order valence-corrected chi connectivity index (χ4v) is 3.16. The quantitative estimate of drug-likeness (QED) is 0.636. The zero-order chi connectivity index (χ0) is 18.1. The van der Waals surface area contributed by atoms with Crippen molar-refractivity contribution in [3.05, 3.63) is 29.3 Å². The number of methoxy groups -OCH3 is 2. The number of piperidine rings is 1. The van der Waals surface area contributed by atoms with Gasteiger partial charge < -0.3 is 24.8 Å².